The molecule has 1 saturated heterocycles. The number of hydrogen-bond acceptors (Lipinski definition) is 5. The normalized spacial score (nSPS) is 16.7. The van der Waals surface area contributed by atoms with Gasteiger partial charge in [0.05, 0.1) is 10.9 Å². The molecule has 1 fully saturated rings. The van der Waals surface area contributed by atoms with Crippen LogP contribution >= 0.6 is 0 Å². The van der Waals surface area contributed by atoms with E-state index in [1.165, 1.54) is 0 Å². The topological polar surface area (TPSA) is 98.8 Å². The highest BCUT2D eigenvalue weighted by atomic mass is 16.2. The minimum Gasteiger partial charge on any atom is -0.346 e. The summed E-state index contributed by atoms with van der Waals surface area (Å²) in [6.45, 7) is 4.01. The summed E-state index contributed by atoms with van der Waals surface area (Å²) in [6, 6.07) is 1.97. The van der Waals surface area contributed by atoms with Gasteiger partial charge in [-0.05, 0) is 45.5 Å². The Hall–Kier alpha value is -2.45. The Labute approximate surface area is 150 Å². The van der Waals surface area contributed by atoms with Crippen LogP contribution in [-0.2, 0) is 0 Å². The Balaban J connectivity index is 1.70. The number of nitrogens with zero attached hydrogens (tertiary/aromatic N) is 3. The molecule has 3 aromatic rings. The van der Waals surface area contributed by atoms with Crippen LogP contribution in [0.4, 0.5) is 0 Å². The van der Waals surface area contributed by atoms with E-state index in [-0.39, 0.29) is 17.3 Å². The summed E-state index contributed by atoms with van der Waals surface area (Å²) in [5.41, 5.74) is 0.686. The highest BCUT2D eigenvalue weighted by molar-refractivity contribution is 6.01. The Morgan fingerprint density at radius 3 is 2.85 bits per heavy atom. The van der Waals surface area contributed by atoms with Gasteiger partial charge in [0.2, 0.25) is 0 Å². The van der Waals surface area contributed by atoms with Gasteiger partial charge in [0, 0.05) is 36.9 Å². The molecule has 0 atom stereocenters. The zero-order chi connectivity index (χ0) is 18.1. The van der Waals surface area contributed by atoms with Crippen molar-refractivity contribution in [2.75, 3.05) is 33.2 Å². The van der Waals surface area contributed by atoms with Crippen LogP contribution in [0.15, 0.2) is 28.0 Å². The van der Waals surface area contributed by atoms with E-state index in [2.05, 4.69) is 25.2 Å². The molecule has 0 saturated carbocycles. The van der Waals surface area contributed by atoms with Gasteiger partial charge in [-0.15, -0.1) is 0 Å². The largest absolute Gasteiger partial charge is 0.346 e. The van der Waals surface area contributed by atoms with Crippen LogP contribution in [0.25, 0.3) is 21.9 Å². The van der Waals surface area contributed by atoms with Crippen LogP contribution in [0, 0.1) is 0 Å². The Morgan fingerprint density at radius 1 is 1.27 bits per heavy atom. The van der Waals surface area contributed by atoms with E-state index in [0.717, 1.165) is 50.8 Å². The van der Waals surface area contributed by atoms with Crippen LogP contribution in [0.1, 0.15) is 25.3 Å². The van der Waals surface area contributed by atoms with Crippen molar-refractivity contribution in [1.82, 2.24) is 29.7 Å². The van der Waals surface area contributed by atoms with Gasteiger partial charge >= 0.3 is 5.69 Å². The lowest BCUT2D eigenvalue weighted by atomic mass is 10.0. The molecule has 0 aromatic carbocycles. The van der Waals surface area contributed by atoms with Crippen LogP contribution in [0.2, 0.25) is 0 Å². The Kier molecular flexibility index (Phi) is 4.60. The standard InChI is InChI=1S/C18H24N6O2/c1-19-6-2-8-23-9-4-12(5-10-23)24-15-13-3-7-20-16(13)21-11-14(15)17(25)22-18(24)26/h3,7,11-12,19H,2,4-6,8-10H2,1H3,(H,20,21)(H,22,25,26). The fraction of sp³-hybridized carbons (Fsp3) is 0.500. The van der Waals surface area contributed by atoms with Crippen LogP contribution in [0.5, 0.6) is 0 Å². The van der Waals surface area contributed by atoms with Gasteiger partial charge in [-0.25, -0.2) is 9.78 Å². The highest BCUT2D eigenvalue weighted by Crippen LogP contribution is 2.27. The number of fused-ring (bicyclic) bond motifs is 3. The number of piperidine rings is 1. The van der Waals surface area contributed by atoms with Gasteiger partial charge in [0.25, 0.3) is 5.56 Å². The monoisotopic (exact) mass is 356 g/mol. The second-order valence-corrected chi connectivity index (χ2v) is 6.92. The zero-order valence-electron chi connectivity index (χ0n) is 14.9. The van der Waals surface area contributed by atoms with Crippen molar-refractivity contribution in [3.63, 3.8) is 0 Å². The number of pyridine rings is 1. The van der Waals surface area contributed by atoms with Crippen molar-refractivity contribution in [1.29, 1.82) is 0 Å². The smallest absolute Gasteiger partial charge is 0.329 e. The minimum absolute atomic E-state index is 0.0860. The average Bonchev–Trinajstić information content (AvgIpc) is 3.12. The predicted octanol–water partition coefficient (Wildman–Crippen LogP) is 0.813. The van der Waals surface area contributed by atoms with Crippen LogP contribution in [-0.4, -0.2) is 57.6 Å². The first-order valence-corrected chi connectivity index (χ1v) is 9.16. The van der Waals surface area contributed by atoms with E-state index in [0.29, 0.717) is 16.6 Å². The summed E-state index contributed by atoms with van der Waals surface area (Å²) in [5, 5.41) is 4.46. The summed E-state index contributed by atoms with van der Waals surface area (Å²) < 4.78 is 1.78. The lowest BCUT2D eigenvalue weighted by Gasteiger charge is -2.33. The molecule has 0 aliphatic carbocycles. The van der Waals surface area contributed by atoms with E-state index in [9.17, 15) is 9.59 Å². The molecular weight excluding hydrogens is 332 g/mol. The maximum atomic E-state index is 12.7. The van der Waals surface area contributed by atoms with Crippen molar-refractivity contribution in [3.8, 4) is 0 Å². The number of aromatic amines is 2. The number of aromatic nitrogens is 4. The molecule has 8 heteroatoms. The predicted molar refractivity (Wildman–Crippen MR) is 102 cm³/mol. The van der Waals surface area contributed by atoms with Gasteiger partial charge < -0.3 is 15.2 Å². The average molecular weight is 356 g/mol. The summed E-state index contributed by atoms with van der Waals surface area (Å²) in [4.78, 5) is 37.2. The molecule has 1 aliphatic rings. The maximum absolute atomic E-state index is 12.7. The third-order valence-corrected chi connectivity index (χ3v) is 5.31. The number of likely N-dealkylation sites (tertiary alicyclic amines) is 1. The second kappa shape index (κ2) is 7.05. The van der Waals surface area contributed by atoms with E-state index in [1.807, 2.05) is 13.1 Å². The van der Waals surface area contributed by atoms with Crippen molar-refractivity contribution < 1.29 is 0 Å². The molecule has 26 heavy (non-hydrogen) atoms. The molecule has 3 N–H and O–H groups in total. The maximum Gasteiger partial charge on any atom is 0.329 e. The number of nitrogens with one attached hydrogen (secondary N) is 3. The van der Waals surface area contributed by atoms with E-state index in [1.54, 1.807) is 17.0 Å². The molecule has 3 aromatic heterocycles. The number of hydrogen-bond donors (Lipinski definition) is 3. The summed E-state index contributed by atoms with van der Waals surface area (Å²) in [6.07, 6.45) is 6.26. The molecule has 0 spiro atoms. The molecule has 4 heterocycles. The highest BCUT2D eigenvalue weighted by Gasteiger charge is 2.24. The van der Waals surface area contributed by atoms with E-state index in [4.69, 9.17) is 0 Å². The molecule has 0 bridgehead atoms. The molecule has 8 nitrogen and oxygen atoms in total. The zero-order valence-corrected chi connectivity index (χ0v) is 14.9. The van der Waals surface area contributed by atoms with Crippen molar-refractivity contribution in [3.05, 3.63) is 39.3 Å². The fourth-order valence-electron chi connectivity index (χ4n) is 3.97. The lowest BCUT2D eigenvalue weighted by Crippen LogP contribution is -2.40. The summed E-state index contributed by atoms with van der Waals surface area (Å²) >= 11 is 0. The molecule has 138 valence electrons. The number of H-pyrrole nitrogens is 2. The molecule has 4 rings (SSSR count). The SMILES string of the molecule is CNCCCN1CCC(n2c(=O)[nH]c(=O)c3cnc4[nH]ccc4c32)CC1. The van der Waals surface area contributed by atoms with Gasteiger partial charge in [-0.2, -0.15) is 0 Å². The summed E-state index contributed by atoms with van der Waals surface area (Å²) in [7, 11) is 1.97. The molecule has 1 aliphatic heterocycles. The first-order valence-electron chi connectivity index (χ1n) is 9.16. The van der Waals surface area contributed by atoms with Gasteiger partial charge in [0.15, 0.2) is 0 Å². The minimum atomic E-state index is -0.374. The molecule has 0 unspecified atom stereocenters. The lowest BCUT2D eigenvalue weighted by molar-refractivity contribution is 0.184. The van der Waals surface area contributed by atoms with E-state index < -0.39 is 0 Å². The first-order chi connectivity index (χ1) is 12.7. The Bertz CT molecular complexity index is 1030. The molecule has 0 radical (unpaired) electrons. The van der Waals surface area contributed by atoms with Crippen molar-refractivity contribution in [2.24, 2.45) is 0 Å². The van der Waals surface area contributed by atoms with E-state index >= 15 is 0 Å². The summed E-state index contributed by atoms with van der Waals surface area (Å²) in [5.74, 6) is 0. The Morgan fingerprint density at radius 2 is 2.08 bits per heavy atom. The van der Waals surface area contributed by atoms with Crippen molar-refractivity contribution >= 4 is 21.9 Å². The molecule has 0 amide bonds. The quantitative estimate of drug-likeness (QED) is 0.588. The third kappa shape index (κ3) is 2.95. The van der Waals surface area contributed by atoms with Gasteiger partial charge in [0.1, 0.15) is 5.65 Å². The van der Waals surface area contributed by atoms with Crippen LogP contribution < -0.4 is 16.6 Å². The van der Waals surface area contributed by atoms with Crippen LogP contribution in [0.3, 0.4) is 0 Å². The second-order valence-electron chi connectivity index (χ2n) is 6.92. The molecular formula is C18H24N6O2. The number of rotatable bonds is 5. The third-order valence-electron chi connectivity index (χ3n) is 5.31. The van der Waals surface area contributed by atoms with Gasteiger partial charge in [-0.3, -0.25) is 14.3 Å². The first kappa shape index (κ1) is 17.0. The fourth-order valence-corrected chi connectivity index (χ4v) is 3.97. The van der Waals surface area contributed by atoms with Gasteiger partial charge in [-0.1, -0.05) is 0 Å². The van der Waals surface area contributed by atoms with Crippen molar-refractivity contribution in [2.45, 2.75) is 25.3 Å².